The molecule has 1 atom stereocenters. The van der Waals surface area contributed by atoms with Gasteiger partial charge in [0.25, 0.3) is 0 Å². The highest BCUT2D eigenvalue weighted by Crippen LogP contribution is 2.24. The summed E-state index contributed by atoms with van der Waals surface area (Å²) in [5.74, 6) is 1.56. The molecule has 3 rings (SSSR count). The van der Waals surface area contributed by atoms with Gasteiger partial charge in [0.05, 0.1) is 11.8 Å². The summed E-state index contributed by atoms with van der Waals surface area (Å²) in [6.45, 7) is 6.18. The number of aliphatic hydroxyl groups is 1. The van der Waals surface area contributed by atoms with Gasteiger partial charge in [-0.05, 0) is 44.2 Å². The lowest BCUT2D eigenvalue weighted by Crippen LogP contribution is -2.30. The minimum absolute atomic E-state index is 0.131. The predicted molar refractivity (Wildman–Crippen MR) is 123 cm³/mol. The molecule has 1 saturated carbocycles. The maximum absolute atomic E-state index is 9.72. The van der Waals surface area contributed by atoms with Gasteiger partial charge in [0.2, 0.25) is 5.95 Å². The van der Waals surface area contributed by atoms with E-state index in [1.165, 1.54) is 5.56 Å². The topological polar surface area (TPSA) is 73.3 Å². The van der Waals surface area contributed by atoms with Crippen molar-refractivity contribution in [3.63, 3.8) is 0 Å². The van der Waals surface area contributed by atoms with Crippen molar-refractivity contribution in [3.8, 4) is 0 Å². The molecule has 0 radical (unpaired) electrons. The summed E-state index contributed by atoms with van der Waals surface area (Å²) >= 11 is 0. The normalized spacial score (nSPS) is 20.7. The fourth-order valence-corrected chi connectivity index (χ4v) is 3.78. The molecule has 30 heavy (non-hydrogen) atoms. The highest BCUT2D eigenvalue weighted by molar-refractivity contribution is 5.73. The first-order valence-electron chi connectivity index (χ1n) is 10.6. The summed E-state index contributed by atoms with van der Waals surface area (Å²) in [5.41, 5.74) is 2.95. The zero-order chi connectivity index (χ0) is 21.5. The molecule has 0 saturated heterocycles. The van der Waals surface area contributed by atoms with Crippen LogP contribution in [0, 0.1) is 0 Å². The van der Waals surface area contributed by atoms with E-state index >= 15 is 0 Å². The van der Waals surface area contributed by atoms with Crippen molar-refractivity contribution in [2.45, 2.75) is 50.8 Å². The van der Waals surface area contributed by atoms with Gasteiger partial charge in [0, 0.05) is 37.9 Å². The lowest BCUT2D eigenvalue weighted by Gasteiger charge is -2.27. The molecule has 6 heteroatoms. The van der Waals surface area contributed by atoms with Crippen LogP contribution in [0.4, 0.5) is 5.95 Å². The Labute approximate surface area is 179 Å². The van der Waals surface area contributed by atoms with Crippen molar-refractivity contribution in [2.24, 2.45) is 0 Å². The van der Waals surface area contributed by atoms with Gasteiger partial charge < -0.3 is 20.6 Å². The Morgan fingerprint density at radius 3 is 2.50 bits per heavy atom. The van der Waals surface area contributed by atoms with Gasteiger partial charge in [-0.2, -0.15) is 0 Å². The van der Waals surface area contributed by atoms with E-state index in [0.717, 1.165) is 42.8 Å². The van der Waals surface area contributed by atoms with Crippen LogP contribution < -0.4 is 10.6 Å². The smallest absolute Gasteiger partial charge is 0.223 e. The standard InChI is InChI=1S/C24H33N5O/c1-5-21(23(29(3)4)26-17(2)18-9-7-6-8-10-18)22-15-16-25-24(28-22)27-19-11-13-20(30)14-12-19/h5-10,15-17,19-20,26,30H,1,11-14H2,2-4H3,(H,25,27,28)/b23-21+/t17-,19-,20-/m1/s1. The summed E-state index contributed by atoms with van der Waals surface area (Å²) in [4.78, 5) is 11.2. The molecule has 0 unspecified atom stereocenters. The molecule has 0 aliphatic heterocycles. The van der Waals surface area contributed by atoms with E-state index in [-0.39, 0.29) is 12.1 Å². The van der Waals surface area contributed by atoms with E-state index in [9.17, 15) is 5.11 Å². The zero-order valence-electron chi connectivity index (χ0n) is 18.2. The second-order valence-corrected chi connectivity index (χ2v) is 8.05. The third-order valence-electron chi connectivity index (χ3n) is 5.52. The van der Waals surface area contributed by atoms with Gasteiger partial charge in [0.15, 0.2) is 0 Å². The first kappa shape index (κ1) is 21.8. The highest BCUT2D eigenvalue weighted by atomic mass is 16.3. The van der Waals surface area contributed by atoms with E-state index < -0.39 is 0 Å². The van der Waals surface area contributed by atoms with Crippen molar-refractivity contribution in [1.82, 2.24) is 20.2 Å². The molecule has 1 heterocycles. The van der Waals surface area contributed by atoms with Crippen LogP contribution in [-0.2, 0) is 0 Å². The van der Waals surface area contributed by atoms with E-state index in [0.29, 0.717) is 12.0 Å². The second kappa shape index (κ2) is 10.3. The number of anilines is 1. The predicted octanol–water partition coefficient (Wildman–Crippen LogP) is 3.96. The van der Waals surface area contributed by atoms with Gasteiger partial charge in [-0.25, -0.2) is 9.97 Å². The third-order valence-corrected chi connectivity index (χ3v) is 5.52. The number of benzene rings is 1. The summed E-state index contributed by atoms with van der Waals surface area (Å²) < 4.78 is 0. The maximum atomic E-state index is 9.72. The number of allylic oxidation sites excluding steroid dienone is 2. The summed E-state index contributed by atoms with van der Waals surface area (Å²) in [7, 11) is 4.02. The molecule has 0 amide bonds. The third kappa shape index (κ3) is 5.60. The fraction of sp³-hybridized carbons (Fsp3) is 0.417. The molecule has 1 aromatic heterocycles. The van der Waals surface area contributed by atoms with Gasteiger partial charge in [-0.3, -0.25) is 0 Å². The molecule has 1 aromatic carbocycles. The van der Waals surface area contributed by atoms with Crippen molar-refractivity contribution >= 4 is 11.5 Å². The summed E-state index contributed by atoms with van der Waals surface area (Å²) in [5, 5.41) is 16.8. The Morgan fingerprint density at radius 2 is 1.87 bits per heavy atom. The summed E-state index contributed by atoms with van der Waals surface area (Å²) in [6.07, 6.45) is 6.94. The van der Waals surface area contributed by atoms with Gasteiger partial charge in [0.1, 0.15) is 5.82 Å². The number of rotatable bonds is 8. The highest BCUT2D eigenvalue weighted by Gasteiger charge is 2.20. The fourth-order valence-electron chi connectivity index (χ4n) is 3.78. The first-order valence-corrected chi connectivity index (χ1v) is 10.6. The van der Waals surface area contributed by atoms with Crippen LogP contribution in [0.1, 0.15) is 49.9 Å². The maximum Gasteiger partial charge on any atom is 0.223 e. The van der Waals surface area contributed by atoms with Crippen molar-refractivity contribution < 1.29 is 5.11 Å². The number of hydrogen-bond donors (Lipinski definition) is 3. The number of hydrogen-bond acceptors (Lipinski definition) is 6. The quantitative estimate of drug-likeness (QED) is 0.575. The average molecular weight is 408 g/mol. The minimum Gasteiger partial charge on any atom is -0.393 e. The molecule has 1 aliphatic carbocycles. The number of nitrogens with one attached hydrogen (secondary N) is 2. The van der Waals surface area contributed by atoms with E-state index in [1.807, 2.05) is 49.3 Å². The second-order valence-electron chi connectivity index (χ2n) is 8.05. The zero-order valence-corrected chi connectivity index (χ0v) is 18.2. The number of aliphatic hydroxyl groups excluding tert-OH is 1. The van der Waals surface area contributed by atoms with E-state index in [1.54, 1.807) is 6.20 Å². The lowest BCUT2D eigenvalue weighted by molar-refractivity contribution is 0.126. The molecule has 2 aromatic rings. The first-order chi connectivity index (χ1) is 14.5. The monoisotopic (exact) mass is 407 g/mol. The van der Waals surface area contributed by atoms with Crippen LogP contribution in [0.3, 0.4) is 0 Å². The minimum atomic E-state index is -0.175. The van der Waals surface area contributed by atoms with Crippen LogP contribution >= 0.6 is 0 Å². The molecule has 6 nitrogen and oxygen atoms in total. The van der Waals surface area contributed by atoms with Crippen LogP contribution in [0.2, 0.25) is 0 Å². The Kier molecular flexibility index (Phi) is 7.46. The molecular formula is C24H33N5O. The lowest BCUT2D eigenvalue weighted by atomic mass is 9.93. The molecular weight excluding hydrogens is 374 g/mol. The molecule has 3 N–H and O–H groups in total. The van der Waals surface area contributed by atoms with Crippen molar-refractivity contribution in [1.29, 1.82) is 0 Å². The van der Waals surface area contributed by atoms with Crippen molar-refractivity contribution in [2.75, 3.05) is 19.4 Å². The largest absolute Gasteiger partial charge is 0.393 e. The van der Waals surface area contributed by atoms with Crippen LogP contribution in [-0.4, -0.2) is 46.2 Å². The van der Waals surface area contributed by atoms with E-state index in [4.69, 9.17) is 4.98 Å². The molecule has 0 spiro atoms. The van der Waals surface area contributed by atoms with Crippen LogP contribution in [0.25, 0.3) is 5.57 Å². The molecule has 160 valence electrons. The molecule has 1 aliphatic rings. The Morgan fingerprint density at radius 1 is 1.17 bits per heavy atom. The SMILES string of the molecule is C=C/C(=C(/N[C@H](C)c1ccccc1)N(C)C)c1ccnc(N[C@H]2CC[C@H](O)CC2)n1. The van der Waals surface area contributed by atoms with Gasteiger partial charge in [-0.1, -0.05) is 43.0 Å². The Hall–Kier alpha value is -2.86. The van der Waals surface area contributed by atoms with Crippen LogP contribution in [0.5, 0.6) is 0 Å². The van der Waals surface area contributed by atoms with E-state index in [2.05, 4.69) is 41.3 Å². The van der Waals surface area contributed by atoms with Crippen molar-refractivity contribution in [3.05, 3.63) is 72.3 Å². The van der Waals surface area contributed by atoms with Gasteiger partial charge >= 0.3 is 0 Å². The average Bonchev–Trinajstić information content (AvgIpc) is 2.76. The number of nitrogens with zero attached hydrogens (tertiary/aromatic N) is 3. The molecule has 0 bridgehead atoms. The van der Waals surface area contributed by atoms with Crippen LogP contribution in [0.15, 0.2) is 61.1 Å². The summed E-state index contributed by atoms with van der Waals surface area (Å²) in [6, 6.07) is 12.7. The molecule has 1 fully saturated rings. The Bertz CT molecular complexity index is 857. The Balaban J connectivity index is 1.84. The number of aromatic nitrogens is 2. The van der Waals surface area contributed by atoms with Gasteiger partial charge in [-0.15, -0.1) is 0 Å².